The number of H-pyrrole nitrogens is 1. The lowest BCUT2D eigenvalue weighted by molar-refractivity contribution is -0.110. The van der Waals surface area contributed by atoms with E-state index in [1.165, 1.54) is 15.4 Å². The van der Waals surface area contributed by atoms with Gasteiger partial charge in [-0.2, -0.15) is 0 Å². The van der Waals surface area contributed by atoms with E-state index in [0.717, 1.165) is 23.3 Å². The number of nitrogens with one attached hydrogen (secondary N) is 3. The zero-order valence-corrected chi connectivity index (χ0v) is 21.1. The number of carbonyl (C=O) groups is 2. The van der Waals surface area contributed by atoms with Crippen LogP contribution in [0.5, 0.6) is 0 Å². The molecular weight excluding hydrogens is 506 g/mol. The van der Waals surface area contributed by atoms with Crippen LogP contribution in [0.4, 0.5) is 14.5 Å². The Bertz CT molecular complexity index is 1710. The number of halogens is 2. The summed E-state index contributed by atoms with van der Waals surface area (Å²) in [7, 11) is 1.62. The summed E-state index contributed by atoms with van der Waals surface area (Å²) in [6.45, 7) is 1.78. The van der Waals surface area contributed by atoms with Crippen molar-refractivity contribution in [2.24, 2.45) is 7.05 Å². The summed E-state index contributed by atoms with van der Waals surface area (Å²) in [6, 6.07) is 8.92. The van der Waals surface area contributed by atoms with Crippen molar-refractivity contribution in [3.05, 3.63) is 111 Å². The van der Waals surface area contributed by atoms with Crippen LogP contribution in [0.15, 0.2) is 59.7 Å². The van der Waals surface area contributed by atoms with Crippen LogP contribution < -0.4 is 16.2 Å². The first-order valence-electron chi connectivity index (χ1n) is 12.0. The highest BCUT2D eigenvalue weighted by Crippen LogP contribution is 2.33. The monoisotopic (exact) mass is 530 g/mol. The van der Waals surface area contributed by atoms with E-state index in [-0.39, 0.29) is 24.6 Å². The summed E-state index contributed by atoms with van der Waals surface area (Å²) in [5, 5.41) is 5.55. The van der Waals surface area contributed by atoms with Gasteiger partial charge in [-0.15, -0.1) is 0 Å². The number of carbonyl (C=O) groups excluding carboxylic acids is 2. The first kappa shape index (κ1) is 25.6. The second kappa shape index (κ2) is 10.4. The highest BCUT2D eigenvalue weighted by molar-refractivity contribution is 6.34. The van der Waals surface area contributed by atoms with E-state index in [4.69, 9.17) is 0 Å². The summed E-state index contributed by atoms with van der Waals surface area (Å²) in [6.07, 6.45) is 8.49. The number of nitrogens with zero attached hydrogens (tertiary/aromatic N) is 3. The molecule has 2 aromatic carbocycles. The highest BCUT2D eigenvalue weighted by Gasteiger charge is 2.24. The van der Waals surface area contributed by atoms with Crippen molar-refractivity contribution in [1.82, 2.24) is 24.6 Å². The fraction of sp³-hybridized carbons (Fsp3) is 0.143. The Labute approximate surface area is 221 Å². The van der Waals surface area contributed by atoms with Crippen molar-refractivity contribution in [2.45, 2.75) is 13.5 Å². The standard InChI is InChI=1S/C28H24F2N6O3/c1-16-25(28(39)36(35(16)2)15-18-6-8-21(29)22(30)12-18)27(38)33-9-3-4-17-5-7-19-20(14-24-31-10-11-32-24)26(37)34-23(19)13-17/h3-8,10-14H,9,15H2,1-2H3,(H,31,32)(H,33,38)(H,34,37)/b4-3+,20-14?. The molecule has 9 nitrogen and oxygen atoms in total. The number of rotatable bonds is 7. The number of anilines is 1. The molecule has 39 heavy (non-hydrogen) atoms. The lowest BCUT2D eigenvalue weighted by Gasteiger charge is -2.08. The van der Waals surface area contributed by atoms with E-state index in [1.807, 2.05) is 18.2 Å². The van der Waals surface area contributed by atoms with Gasteiger partial charge in [-0.05, 0) is 42.3 Å². The second-order valence-electron chi connectivity index (χ2n) is 9.00. The van der Waals surface area contributed by atoms with Crippen molar-refractivity contribution < 1.29 is 18.4 Å². The second-order valence-corrected chi connectivity index (χ2v) is 9.00. The number of benzene rings is 2. The molecule has 2 aromatic heterocycles. The lowest BCUT2D eigenvalue weighted by atomic mass is 10.0. The van der Waals surface area contributed by atoms with Gasteiger partial charge in [0.15, 0.2) is 11.6 Å². The molecular formula is C28H24F2N6O3. The predicted octanol–water partition coefficient (Wildman–Crippen LogP) is 3.48. The van der Waals surface area contributed by atoms with Crippen molar-refractivity contribution in [1.29, 1.82) is 0 Å². The van der Waals surface area contributed by atoms with E-state index in [2.05, 4.69) is 20.6 Å². The van der Waals surface area contributed by atoms with Gasteiger partial charge in [0.2, 0.25) is 0 Å². The van der Waals surface area contributed by atoms with Gasteiger partial charge in [-0.25, -0.2) is 18.4 Å². The minimum absolute atomic E-state index is 0.0200. The normalized spacial score (nSPS) is 13.7. The van der Waals surface area contributed by atoms with Crippen molar-refractivity contribution >= 4 is 35.2 Å². The quantitative estimate of drug-likeness (QED) is 0.318. The summed E-state index contributed by atoms with van der Waals surface area (Å²) in [5.41, 5.74) is 3.03. The van der Waals surface area contributed by atoms with Gasteiger partial charge >= 0.3 is 0 Å². The zero-order chi connectivity index (χ0) is 27.7. The molecule has 0 spiro atoms. The molecule has 0 unspecified atom stereocenters. The summed E-state index contributed by atoms with van der Waals surface area (Å²) >= 11 is 0. The van der Waals surface area contributed by atoms with E-state index >= 15 is 0 Å². The molecule has 0 saturated carbocycles. The molecule has 11 heteroatoms. The number of fused-ring (bicyclic) bond motifs is 1. The van der Waals surface area contributed by atoms with E-state index < -0.39 is 23.1 Å². The van der Waals surface area contributed by atoms with Gasteiger partial charge in [-0.3, -0.25) is 19.1 Å². The first-order valence-corrected chi connectivity index (χ1v) is 12.0. The summed E-state index contributed by atoms with van der Waals surface area (Å²) in [5.74, 6) is -2.16. The molecule has 3 heterocycles. The molecule has 0 fully saturated rings. The number of aromatic amines is 1. The smallest absolute Gasteiger partial charge is 0.280 e. The number of hydrogen-bond donors (Lipinski definition) is 3. The van der Waals surface area contributed by atoms with Crippen molar-refractivity contribution in [3.8, 4) is 0 Å². The van der Waals surface area contributed by atoms with Crippen LogP contribution in [0.1, 0.15) is 38.6 Å². The minimum atomic E-state index is -1.01. The maximum Gasteiger partial charge on any atom is 0.280 e. The maximum atomic E-state index is 13.6. The molecule has 5 rings (SSSR count). The Morgan fingerprint density at radius 1 is 1.13 bits per heavy atom. The number of hydrogen-bond acceptors (Lipinski definition) is 4. The first-order chi connectivity index (χ1) is 18.7. The molecule has 0 atom stereocenters. The largest absolute Gasteiger partial charge is 0.348 e. The van der Waals surface area contributed by atoms with E-state index in [0.29, 0.717) is 28.3 Å². The average molecular weight is 531 g/mol. The topological polar surface area (TPSA) is 114 Å². The van der Waals surface area contributed by atoms with Gasteiger partial charge in [-0.1, -0.05) is 30.4 Å². The summed E-state index contributed by atoms with van der Waals surface area (Å²) in [4.78, 5) is 45.3. The third-order valence-corrected chi connectivity index (χ3v) is 6.52. The van der Waals surface area contributed by atoms with E-state index in [9.17, 15) is 23.2 Å². The Morgan fingerprint density at radius 3 is 2.69 bits per heavy atom. The summed E-state index contributed by atoms with van der Waals surface area (Å²) < 4.78 is 29.7. The third-order valence-electron chi connectivity index (χ3n) is 6.52. The van der Waals surface area contributed by atoms with Crippen LogP contribution in [0.2, 0.25) is 0 Å². The number of aromatic nitrogens is 4. The molecule has 0 saturated heterocycles. The van der Waals surface area contributed by atoms with Gasteiger partial charge in [0.1, 0.15) is 11.4 Å². The predicted molar refractivity (Wildman–Crippen MR) is 143 cm³/mol. The van der Waals surface area contributed by atoms with Crippen LogP contribution >= 0.6 is 0 Å². The molecule has 4 aromatic rings. The molecule has 198 valence electrons. The molecule has 2 amide bonds. The van der Waals surface area contributed by atoms with Gasteiger partial charge in [0.05, 0.1) is 12.1 Å². The van der Waals surface area contributed by atoms with Crippen LogP contribution in [-0.4, -0.2) is 37.7 Å². The Hall–Kier alpha value is -5.06. The highest BCUT2D eigenvalue weighted by atomic mass is 19.2. The fourth-order valence-electron chi connectivity index (χ4n) is 4.40. The third kappa shape index (κ3) is 5.06. The maximum absolute atomic E-state index is 13.6. The van der Waals surface area contributed by atoms with Gasteiger partial charge in [0, 0.05) is 42.9 Å². The zero-order valence-electron chi connectivity index (χ0n) is 21.1. The van der Waals surface area contributed by atoms with Crippen LogP contribution in [-0.2, 0) is 18.4 Å². The average Bonchev–Trinajstić information content (AvgIpc) is 3.59. The fourth-order valence-corrected chi connectivity index (χ4v) is 4.40. The minimum Gasteiger partial charge on any atom is -0.348 e. The van der Waals surface area contributed by atoms with Crippen LogP contribution in [0.3, 0.4) is 0 Å². The molecule has 0 radical (unpaired) electrons. The Morgan fingerprint density at radius 2 is 1.95 bits per heavy atom. The molecule has 0 aliphatic carbocycles. The molecule has 0 bridgehead atoms. The van der Waals surface area contributed by atoms with Crippen molar-refractivity contribution in [2.75, 3.05) is 11.9 Å². The Kier molecular flexibility index (Phi) is 6.80. The van der Waals surface area contributed by atoms with Gasteiger partial charge in [0.25, 0.3) is 17.4 Å². The number of imidazole rings is 1. The lowest BCUT2D eigenvalue weighted by Crippen LogP contribution is -2.31. The van der Waals surface area contributed by atoms with Crippen LogP contribution in [0.25, 0.3) is 17.7 Å². The van der Waals surface area contributed by atoms with Crippen molar-refractivity contribution in [3.63, 3.8) is 0 Å². The molecule has 1 aliphatic rings. The SMILES string of the molecule is Cc1c(C(=O)NC/C=C/c2ccc3c(c2)NC(=O)C3=Cc2ncc[nH]2)c(=O)n(Cc2ccc(F)c(F)c2)n1C. The van der Waals surface area contributed by atoms with E-state index in [1.54, 1.807) is 44.6 Å². The Balaban J connectivity index is 1.25. The number of amides is 2. The molecule has 1 aliphatic heterocycles. The molecule has 3 N–H and O–H groups in total. The van der Waals surface area contributed by atoms with Crippen LogP contribution in [0, 0.1) is 18.6 Å². The van der Waals surface area contributed by atoms with Gasteiger partial charge < -0.3 is 15.6 Å².